The fourth-order valence-corrected chi connectivity index (χ4v) is 1.84. The molecular weight excluding hydrogens is 180 g/mol. The van der Waals surface area contributed by atoms with Crippen LogP contribution in [0.3, 0.4) is 0 Å². The van der Waals surface area contributed by atoms with Crippen molar-refractivity contribution in [2.75, 3.05) is 26.2 Å². The molecule has 0 spiro atoms. The Labute approximate surface area is 83.6 Å². The summed E-state index contributed by atoms with van der Waals surface area (Å²) < 4.78 is 0. The van der Waals surface area contributed by atoms with Gasteiger partial charge in [-0.1, -0.05) is 0 Å². The van der Waals surface area contributed by atoms with Crippen LogP contribution in [-0.2, 0) is 4.79 Å². The van der Waals surface area contributed by atoms with Crippen molar-refractivity contribution in [3.63, 3.8) is 0 Å². The SMILES string of the molecule is CC1(C)C(=O)NCCN1C1=NCCN1. The van der Waals surface area contributed by atoms with Crippen LogP contribution < -0.4 is 10.6 Å². The first-order valence-corrected chi connectivity index (χ1v) is 4.96. The molecule has 2 rings (SSSR count). The molecule has 0 aromatic carbocycles. The summed E-state index contributed by atoms with van der Waals surface area (Å²) in [6.07, 6.45) is 0. The van der Waals surface area contributed by atoms with Gasteiger partial charge in [0.1, 0.15) is 5.54 Å². The first-order chi connectivity index (χ1) is 6.62. The Morgan fingerprint density at radius 1 is 1.36 bits per heavy atom. The molecule has 0 saturated carbocycles. The molecule has 2 heterocycles. The molecule has 0 aliphatic carbocycles. The molecule has 1 amide bonds. The first-order valence-electron chi connectivity index (χ1n) is 4.96. The smallest absolute Gasteiger partial charge is 0.245 e. The minimum absolute atomic E-state index is 0.0696. The second kappa shape index (κ2) is 3.15. The molecule has 0 aromatic rings. The van der Waals surface area contributed by atoms with Gasteiger partial charge in [-0.2, -0.15) is 0 Å². The van der Waals surface area contributed by atoms with E-state index < -0.39 is 5.54 Å². The van der Waals surface area contributed by atoms with Gasteiger partial charge in [-0.25, -0.2) is 0 Å². The van der Waals surface area contributed by atoms with E-state index in [2.05, 4.69) is 15.6 Å². The number of rotatable bonds is 0. The molecule has 1 saturated heterocycles. The third-order valence-electron chi connectivity index (χ3n) is 2.76. The summed E-state index contributed by atoms with van der Waals surface area (Å²) in [5.74, 6) is 0.935. The van der Waals surface area contributed by atoms with E-state index in [9.17, 15) is 4.79 Å². The highest BCUT2D eigenvalue weighted by molar-refractivity contribution is 5.93. The topological polar surface area (TPSA) is 56.7 Å². The number of nitrogens with zero attached hydrogens (tertiary/aromatic N) is 2. The van der Waals surface area contributed by atoms with Gasteiger partial charge in [-0.15, -0.1) is 0 Å². The molecule has 1 fully saturated rings. The largest absolute Gasteiger partial charge is 0.354 e. The fourth-order valence-electron chi connectivity index (χ4n) is 1.84. The summed E-state index contributed by atoms with van der Waals surface area (Å²) in [6.45, 7) is 7.05. The molecule has 0 radical (unpaired) electrons. The highest BCUT2D eigenvalue weighted by Gasteiger charge is 2.39. The van der Waals surface area contributed by atoms with Crippen molar-refractivity contribution in [1.82, 2.24) is 15.5 Å². The molecule has 0 atom stereocenters. The Bertz CT molecular complexity index is 285. The molecular formula is C9H16N4O. The molecule has 5 heteroatoms. The van der Waals surface area contributed by atoms with Crippen LogP contribution in [0, 0.1) is 0 Å². The van der Waals surface area contributed by atoms with Crippen LogP contribution in [0.1, 0.15) is 13.8 Å². The zero-order chi connectivity index (χ0) is 10.2. The van der Waals surface area contributed by atoms with E-state index in [1.165, 1.54) is 0 Å². The van der Waals surface area contributed by atoms with Gasteiger partial charge in [0.25, 0.3) is 0 Å². The number of aliphatic imine (C=N–C) groups is 1. The molecule has 0 aromatic heterocycles. The van der Waals surface area contributed by atoms with Gasteiger partial charge >= 0.3 is 0 Å². The predicted octanol–water partition coefficient (Wildman–Crippen LogP) is -0.844. The van der Waals surface area contributed by atoms with Crippen LogP contribution >= 0.6 is 0 Å². The summed E-state index contributed by atoms with van der Waals surface area (Å²) in [5, 5.41) is 6.06. The van der Waals surface area contributed by atoms with Crippen molar-refractivity contribution < 1.29 is 4.79 Å². The zero-order valence-corrected chi connectivity index (χ0v) is 8.63. The lowest BCUT2D eigenvalue weighted by molar-refractivity contribution is -0.132. The maximum Gasteiger partial charge on any atom is 0.245 e. The van der Waals surface area contributed by atoms with Gasteiger partial charge in [-0.05, 0) is 13.8 Å². The maximum atomic E-state index is 11.6. The zero-order valence-electron chi connectivity index (χ0n) is 8.63. The van der Waals surface area contributed by atoms with E-state index in [-0.39, 0.29) is 5.91 Å². The Morgan fingerprint density at radius 2 is 2.14 bits per heavy atom. The van der Waals surface area contributed by atoms with Crippen LogP contribution in [0.15, 0.2) is 4.99 Å². The maximum absolute atomic E-state index is 11.6. The van der Waals surface area contributed by atoms with E-state index in [1.54, 1.807) is 0 Å². The minimum Gasteiger partial charge on any atom is -0.354 e. The monoisotopic (exact) mass is 196 g/mol. The lowest BCUT2D eigenvalue weighted by Crippen LogP contribution is -2.65. The Kier molecular flexibility index (Phi) is 2.09. The molecule has 0 unspecified atom stereocenters. The van der Waals surface area contributed by atoms with Gasteiger partial charge in [0.05, 0.1) is 6.54 Å². The van der Waals surface area contributed by atoms with Crippen molar-refractivity contribution in [2.24, 2.45) is 4.99 Å². The van der Waals surface area contributed by atoms with Gasteiger partial charge < -0.3 is 15.5 Å². The second-order valence-electron chi connectivity index (χ2n) is 4.10. The van der Waals surface area contributed by atoms with Crippen molar-refractivity contribution in [3.8, 4) is 0 Å². The highest BCUT2D eigenvalue weighted by Crippen LogP contribution is 2.18. The van der Waals surface area contributed by atoms with Crippen LogP contribution in [0.25, 0.3) is 0 Å². The third kappa shape index (κ3) is 1.32. The number of guanidine groups is 1. The van der Waals surface area contributed by atoms with Gasteiger partial charge in [-0.3, -0.25) is 9.79 Å². The third-order valence-corrected chi connectivity index (χ3v) is 2.76. The lowest BCUT2D eigenvalue weighted by Gasteiger charge is -2.42. The molecule has 2 aliphatic rings. The quantitative estimate of drug-likeness (QED) is 0.531. The van der Waals surface area contributed by atoms with E-state index in [1.807, 2.05) is 18.7 Å². The number of piperazine rings is 1. The predicted molar refractivity (Wildman–Crippen MR) is 54.1 cm³/mol. The van der Waals surface area contributed by atoms with Gasteiger partial charge in [0.2, 0.25) is 5.91 Å². The number of carbonyl (C=O) groups excluding carboxylic acids is 1. The van der Waals surface area contributed by atoms with Crippen LogP contribution in [0.4, 0.5) is 0 Å². The average Bonchev–Trinajstić information content (AvgIpc) is 2.62. The summed E-state index contributed by atoms with van der Waals surface area (Å²) in [4.78, 5) is 18.0. The number of nitrogens with one attached hydrogen (secondary N) is 2. The molecule has 5 nitrogen and oxygen atoms in total. The number of carbonyl (C=O) groups is 1. The molecule has 2 N–H and O–H groups in total. The van der Waals surface area contributed by atoms with E-state index in [0.29, 0.717) is 6.54 Å². The molecule has 78 valence electrons. The summed E-state index contributed by atoms with van der Waals surface area (Å²) >= 11 is 0. The van der Waals surface area contributed by atoms with Gasteiger partial charge in [0.15, 0.2) is 5.96 Å². The standard InChI is InChI=1S/C9H16N4O/c1-9(2)7(14)10-5-6-13(9)8-11-3-4-12-8/h3-6H2,1-2H3,(H,10,14)(H,11,12). The first kappa shape index (κ1) is 9.30. The van der Waals surface area contributed by atoms with E-state index >= 15 is 0 Å². The van der Waals surface area contributed by atoms with Crippen molar-refractivity contribution in [1.29, 1.82) is 0 Å². The Morgan fingerprint density at radius 3 is 2.79 bits per heavy atom. The average molecular weight is 196 g/mol. The second-order valence-corrected chi connectivity index (χ2v) is 4.10. The van der Waals surface area contributed by atoms with Crippen LogP contribution in [-0.4, -0.2) is 48.5 Å². The summed E-state index contributed by atoms with van der Waals surface area (Å²) in [6, 6.07) is 0. The molecule has 14 heavy (non-hydrogen) atoms. The van der Waals surface area contributed by atoms with Gasteiger partial charge in [0, 0.05) is 19.6 Å². The van der Waals surface area contributed by atoms with Crippen molar-refractivity contribution >= 4 is 11.9 Å². The normalized spacial score (nSPS) is 25.4. The summed E-state index contributed by atoms with van der Waals surface area (Å²) in [7, 11) is 0. The number of hydrogen-bond acceptors (Lipinski definition) is 4. The summed E-state index contributed by atoms with van der Waals surface area (Å²) in [5.41, 5.74) is -0.492. The molecule has 0 bridgehead atoms. The highest BCUT2D eigenvalue weighted by atomic mass is 16.2. The number of amides is 1. The Hall–Kier alpha value is -1.26. The lowest BCUT2D eigenvalue weighted by atomic mass is 9.99. The number of hydrogen-bond donors (Lipinski definition) is 2. The van der Waals surface area contributed by atoms with E-state index in [4.69, 9.17) is 0 Å². The Balaban J connectivity index is 2.20. The van der Waals surface area contributed by atoms with Crippen molar-refractivity contribution in [3.05, 3.63) is 0 Å². The van der Waals surface area contributed by atoms with Crippen LogP contribution in [0.2, 0.25) is 0 Å². The fraction of sp³-hybridized carbons (Fsp3) is 0.778. The van der Waals surface area contributed by atoms with Crippen molar-refractivity contribution in [2.45, 2.75) is 19.4 Å². The molecule has 2 aliphatic heterocycles. The van der Waals surface area contributed by atoms with Crippen LogP contribution in [0.5, 0.6) is 0 Å². The van der Waals surface area contributed by atoms with E-state index in [0.717, 1.165) is 25.6 Å². The minimum atomic E-state index is -0.492.